The molecule has 0 aromatic heterocycles. The molecule has 1 heteroatoms. The van der Waals surface area contributed by atoms with Crippen LogP contribution in [0.15, 0.2) is 0 Å². The summed E-state index contributed by atoms with van der Waals surface area (Å²) in [7, 11) is 0. The molecule has 2 aliphatic carbocycles. The standard InChI is InChI=1S/C10H16O/c11-7-10(9-5-6-9)8-3-1-2-4-8/h7-10H,1-6H2. The van der Waals surface area contributed by atoms with Crippen LogP contribution < -0.4 is 0 Å². The highest BCUT2D eigenvalue weighted by Crippen LogP contribution is 2.44. The van der Waals surface area contributed by atoms with E-state index in [0.717, 1.165) is 11.8 Å². The van der Waals surface area contributed by atoms with E-state index in [1.165, 1.54) is 44.8 Å². The lowest BCUT2D eigenvalue weighted by Gasteiger charge is -2.15. The third-order valence-electron chi connectivity index (χ3n) is 3.27. The topological polar surface area (TPSA) is 17.1 Å². The molecule has 0 spiro atoms. The first-order valence-electron chi connectivity index (χ1n) is 4.87. The Morgan fingerprint density at radius 2 is 1.55 bits per heavy atom. The molecule has 0 aliphatic heterocycles. The molecule has 62 valence electrons. The van der Waals surface area contributed by atoms with Crippen molar-refractivity contribution < 1.29 is 4.79 Å². The molecule has 0 amide bonds. The molecule has 0 radical (unpaired) electrons. The van der Waals surface area contributed by atoms with Gasteiger partial charge in [-0.15, -0.1) is 0 Å². The van der Waals surface area contributed by atoms with Gasteiger partial charge in [0.1, 0.15) is 6.29 Å². The zero-order valence-electron chi connectivity index (χ0n) is 6.96. The molecule has 11 heavy (non-hydrogen) atoms. The van der Waals surface area contributed by atoms with Crippen LogP contribution in [0.4, 0.5) is 0 Å². The summed E-state index contributed by atoms with van der Waals surface area (Å²) in [4.78, 5) is 10.8. The SMILES string of the molecule is O=CC(C1CCCC1)C1CC1. The zero-order chi connectivity index (χ0) is 7.68. The Hall–Kier alpha value is -0.330. The molecule has 1 unspecified atom stereocenters. The predicted octanol–water partition coefficient (Wildman–Crippen LogP) is 2.40. The van der Waals surface area contributed by atoms with E-state index in [1.807, 2.05) is 0 Å². The van der Waals surface area contributed by atoms with Crippen molar-refractivity contribution >= 4 is 6.29 Å². The van der Waals surface area contributed by atoms with Crippen molar-refractivity contribution in [2.45, 2.75) is 38.5 Å². The minimum atomic E-state index is 0.442. The van der Waals surface area contributed by atoms with E-state index in [1.54, 1.807) is 0 Å². The first-order valence-corrected chi connectivity index (χ1v) is 4.87. The number of hydrogen-bond donors (Lipinski definition) is 0. The van der Waals surface area contributed by atoms with E-state index in [0.29, 0.717) is 5.92 Å². The van der Waals surface area contributed by atoms with E-state index in [4.69, 9.17) is 0 Å². The van der Waals surface area contributed by atoms with Crippen molar-refractivity contribution in [3.8, 4) is 0 Å². The van der Waals surface area contributed by atoms with Gasteiger partial charge < -0.3 is 4.79 Å². The van der Waals surface area contributed by atoms with Crippen LogP contribution in [0.5, 0.6) is 0 Å². The van der Waals surface area contributed by atoms with Gasteiger partial charge in [0, 0.05) is 5.92 Å². The maximum Gasteiger partial charge on any atom is 0.123 e. The summed E-state index contributed by atoms with van der Waals surface area (Å²) >= 11 is 0. The summed E-state index contributed by atoms with van der Waals surface area (Å²) in [5, 5.41) is 0. The van der Waals surface area contributed by atoms with Crippen LogP contribution >= 0.6 is 0 Å². The summed E-state index contributed by atoms with van der Waals surface area (Å²) in [6, 6.07) is 0. The van der Waals surface area contributed by atoms with Crippen molar-refractivity contribution in [2.75, 3.05) is 0 Å². The van der Waals surface area contributed by atoms with E-state index < -0.39 is 0 Å². The van der Waals surface area contributed by atoms with Crippen LogP contribution in [0.25, 0.3) is 0 Å². The summed E-state index contributed by atoms with van der Waals surface area (Å²) in [5.74, 6) is 1.99. The highest BCUT2D eigenvalue weighted by Gasteiger charge is 2.37. The Balaban J connectivity index is 1.92. The fourth-order valence-corrected chi connectivity index (χ4v) is 2.43. The molecule has 0 saturated heterocycles. The molecule has 0 bridgehead atoms. The molecule has 0 aromatic rings. The van der Waals surface area contributed by atoms with E-state index in [9.17, 15) is 4.79 Å². The van der Waals surface area contributed by atoms with Gasteiger partial charge in [-0.2, -0.15) is 0 Å². The van der Waals surface area contributed by atoms with Gasteiger partial charge in [-0.25, -0.2) is 0 Å². The van der Waals surface area contributed by atoms with Crippen molar-refractivity contribution in [3.05, 3.63) is 0 Å². The molecular formula is C10H16O. The summed E-state index contributed by atoms with van der Waals surface area (Å²) in [5.41, 5.74) is 0. The monoisotopic (exact) mass is 152 g/mol. The third kappa shape index (κ3) is 1.47. The minimum absolute atomic E-state index is 0.442. The van der Waals surface area contributed by atoms with Crippen LogP contribution in [-0.4, -0.2) is 6.29 Å². The van der Waals surface area contributed by atoms with Gasteiger partial charge in [0.05, 0.1) is 0 Å². The Bertz CT molecular complexity index is 143. The largest absolute Gasteiger partial charge is 0.303 e. The molecule has 2 saturated carbocycles. The number of carbonyl (C=O) groups excluding carboxylic acids is 1. The van der Waals surface area contributed by atoms with Crippen molar-refractivity contribution in [1.29, 1.82) is 0 Å². The lowest BCUT2D eigenvalue weighted by atomic mass is 9.88. The average molecular weight is 152 g/mol. The molecule has 1 atom stereocenters. The van der Waals surface area contributed by atoms with Gasteiger partial charge in [-0.1, -0.05) is 12.8 Å². The number of carbonyl (C=O) groups is 1. The van der Waals surface area contributed by atoms with E-state index in [-0.39, 0.29) is 0 Å². The Labute approximate surface area is 68.2 Å². The van der Waals surface area contributed by atoms with Crippen LogP contribution in [0.2, 0.25) is 0 Å². The predicted molar refractivity (Wildman–Crippen MR) is 44.2 cm³/mol. The third-order valence-corrected chi connectivity index (χ3v) is 3.27. The first kappa shape index (κ1) is 7.33. The van der Waals surface area contributed by atoms with E-state index >= 15 is 0 Å². The molecule has 2 aliphatic rings. The van der Waals surface area contributed by atoms with Crippen molar-refractivity contribution in [1.82, 2.24) is 0 Å². The van der Waals surface area contributed by atoms with Crippen LogP contribution in [0.1, 0.15) is 38.5 Å². The Kier molecular flexibility index (Phi) is 1.97. The molecule has 2 rings (SSSR count). The summed E-state index contributed by atoms with van der Waals surface area (Å²) in [6.45, 7) is 0. The maximum atomic E-state index is 10.8. The second-order valence-corrected chi connectivity index (χ2v) is 4.10. The second kappa shape index (κ2) is 2.96. The van der Waals surface area contributed by atoms with Crippen molar-refractivity contribution in [3.63, 3.8) is 0 Å². The highest BCUT2D eigenvalue weighted by molar-refractivity contribution is 5.55. The molecule has 1 nitrogen and oxygen atoms in total. The molecule has 2 fully saturated rings. The molecule has 0 aromatic carbocycles. The highest BCUT2D eigenvalue weighted by atomic mass is 16.1. The number of aldehydes is 1. The van der Waals surface area contributed by atoms with Crippen LogP contribution in [0.3, 0.4) is 0 Å². The maximum absolute atomic E-state index is 10.8. The normalized spacial score (nSPS) is 28.7. The lowest BCUT2D eigenvalue weighted by molar-refractivity contribution is -0.113. The summed E-state index contributed by atoms with van der Waals surface area (Å²) in [6.07, 6.45) is 9.23. The number of hydrogen-bond acceptors (Lipinski definition) is 1. The minimum Gasteiger partial charge on any atom is -0.303 e. The quantitative estimate of drug-likeness (QED) is 0.567. The van der Waals surface area contributed by atoms with Crippen molar-refractivity contribution in [2.24, 2.45) is 17.8 Å². The zero-order valence-corrected chi connectivity index (χ0v) is 6.96. The first-order chi connectivity index (χ1) is 5.42. The Morgan fingerprint density at radius 1 is 1.00 bits per heavy atom. The fourth-order valence-electron chi connectivity index (χ4n) is 2.43. The second-order valence-electron chi connectivity index (χ2n) is 4.10. The van der Waals surface area contributed by atoms with Gasteiger partial charge in [0.25, 0.3) is 0 Å². The molecule has 0 heterocycles. The van der Waals surface area contributed by atoms with E-state index in [2.05, 4.69) is 0 Å². The van der Waals surface area contributed by atoms with Gasteiger partial charge in [-0.05, 0) is 37.5 Å². The van der Waals surface area contributed by atoms with Gasteiger partial charge in [0.15, 0.2) is 0 Å². The summed E-state index contributed by atoms with van der Waals surface area (Å²) < 4.78 is 0. The number of rotatable bonds is 3. The van der Waals surface area contributed by atoms with Gasteiger partial charge in [0.2, 0.25) is 0 Å². The smallest absolute Gasteiger partial charge is 0.123 e. The average Bonchev–Trinajstić information content (AvgIpc) is 2.68. The lowest BCUT2D eigenvalue weighted by Crippen LogP contribution is -2.15. The fraction of sp³-hybridized carbons (Fsp3) is 0.900. The van der Waals surface area contributed by atoms with Gasteiger partial charge >= 0.3 is 0 Å². The molecular weight excluding hydrogens is 136 g/mol. The molecule has 0 N–H and O–H groups in total. The van der Waals surface area contributed by atoms with Crippen LogP contribution in [0, 0.1) is 17.8 Å². The van der Waals surface area contributed by atoms with Crippen LogP contribution in [-0.2, 0) is 4.79 Å². The Morgan fingerprint density at radius 3 is 2.00 bits per heavy atom. The van der Waals surface area contributed by atoms with Gasteiger partial charge in [-0.3, -0.25) is 0 Å².